The Hall–Kier alpha value is -3.22. The number of carbonyl (C=O) groups is 3. The molecule has 0 bridgehead atoms. The van der Waals surface area contributed by atoms with Crippen molar-refractivity contribution in [3.05, 3.63) is 71.0 Å². The van der Waals surface area contributed by atoms with Crippen molar-refractivity contribution >= 4 is 17.8 Å². The minimum atomic E-state index is -0.970. The number of rotatable bonds is 6. The summed E-state index contributed by atoms with van der Waals surface area (Å²) in [7, 11) is 0. The monoisotopic (exact) mass is 398 g/mol. The molecule has 152 valence electrons. The van der Waals surface area contributed by atoms with Gasteiger partial charge in [0.25, 0.3) is 5.91 Å². The van der Waals surface area contributed by atoms with Crippen LogP contribution in [0.4, 0.5) is 4.39 Å². The number of hydrogen-bond acceptors (Lipinski definition) is 3. The number of aryl methyl sites for hydroxylation is 1. The largest absolute Gasteiger partial charge is 0.478 e. The first-order valence-corrected chi connectivity index (χ1v) is 9.59. The van der Waals surface area contributed by atoms with Crippen molar-refractivity contribution in [1.82, 2.24) is 10.2 Å². The first-order chi connectivity index (χ1) is 13.9. The molecule has 1 aliphatic rings. The third-order valence-electron chi connectivity index (χ3n) is 5.12. The van der Waals surface area contributed by atoms with Gasteiger partial charge in [-0.1, -0.05) is 12.1 Å². The predicted molar refractivity (Wildman–Crippen MR) is 105 cm³/mol. The number of carboxylic acid groups (broad SMARTS) is 1. The van der Waals surface area contributed by atoms with E-state index in [4.69, 9.17) is 5.11 Å². The smallest absolute Gasteiger partial charge is 0.335 e. The molecule has 2 amide bonds. The molecule has 0 spiro atoms. The first kappa shape index (κ1) is 20.5. The average Bonchev–Trinajstić information content (AvgIpc) is 2.73. The van der Waals surface area contributed by atoms with Crippen LogP contribution in [0, 0.1) is 5.82 Å². The fraction of sp³-hybridized carbons (Fsp3) is 0.318. The van der Waals surface area contributed by atoms with Gasteiger partial charge in [0.2, 0.25) is 5.91 Å². The molecule has 7 heteroatoms. The number of likely N-dealkylation sites (tertiary alicyclic amines) is 1. The van der Waals surface area contributed by atoms with Crippen LogP contribution in [0.15, 0.2) is 48.5 Å². The number of piperidine rings is 1. The van der Waals surface area contributed by atoms with Crippen LogP contribution < -0.4 is 5.32 Å². The topological polar surface area (TPSA) is 86.7 Å². The molecule has 0 saturated carbocycles. The minimum absolute atomic E-state index is 0.0137. The number of carbonyl (C=O) groups excluding carboxylic acids is 2. The Balaban J connectivity index is 1.42. The predicted octanol–water partition coefficient (Wildman–Crippen LogP) is 2.88. The highest BCUT2D eigenvalue weighted by Gasteiger charge is 2.24. The fourth-order valence-electron chi connectivity index (χ4n) is 3.37. The van der Waals surface area contributed by atoms with Gasteiger partial charge in [0.15, 0.2) is 0 Å². The van der Waals surface area contributed by atoms with E-state index in [1.54, 1.807) is 17.0 Å². The zero-order chi connectivity index (χ0) is 20.8. The summed E-state index contributed by atoms with van der Waals surface area (Å²) in [6.07, 6.45) is 2.26. The van der Waals surface area contributed by atoms with E-state index in [0.717, 1.165) is 5.56 Å². The van der Waals surface area contributed by atoms with E-state index < -0.39 is 5.97 Å². The van der Waals surface area contributed by atoms with Gasteiger partial charge in [-0.15, -0.1) is 0 Å². The van der Waals surface area contributed by atoms with Crippen molar-refractivity contribution < 1.29 is 23.9 Å². The zero-order valence-corrected chi connectivity index (χ0v) is 15.9. The minimum Gasteiger partial charge on any atom is -0.478 e. The molecule has 0 atom stereocenters. The second-order valence-electron chi connectivity index (χ2n) is 7.14. The molecule has 0 aromatic heterocycles. The number of nitrogens with zero attached hydrogens (tertiary/aromatic N) is 1. The zero-order valence-electron chi connectivity index (χ0n) is 15.9. The Labute approximate surface area is 168 Å². The van der Waals surface area contributed by atoms with Crippen LogP contribution in [-0.4, -0.2) is 46.9 Å². The number of carboxylic acids is 1. The fourth-order valence-corrected chi connectivity index (χ4v) is 3.37. The summed E-state index contributed by atoms with van der Waals surface area (Å²) >= 11 is 0. The van der Waals surface area contributed by atoms with Crippen molar-refractivity contribution in [3.8, 4) is 0 Å². The summed E-state index contributed by atoms with van der Waals surface area (Å²) in [4.78, 5) is 37.3. The quantitative estimate of drug-likeness (QED) is 0.783. The summed E-state index contributed by atoms with van der Waals surface area (Å²) in [6, 6.07) is 11.9. The van der Waals surface area contributed by atoms with E-state index in [-0.39, 0.29) is 29.2 Å². The summed E-state index contributed by atoms with van der Waals surface area (Å²) < 4.78 is 13.0. The number of hydrogen-bond donors (Lipinski definition) is 2. The normalized spacial score (nSPS) is 14.4. The van der Waals surface area contributed by atoms with E-state index in [1.165, 1.54) is 36.4 Å². The molecule has 1 heterocycles. The van der Waals surface area contributed by atoms with Gasteiger partial charge < -0.3 is 15.3 Å². The molecule has 1 fully saturated rings. The van der Waals surface area contributed by atoms with E-state index >= 15 is 0 Å². The molecule has 3 rings (SSSR count). The highest BCUT2D eigenvalue weighted by molar-refractivity contribution is 5.94. The Bertz CT molecular complexity index is 873. The Morgan fingerprint density at radius 3 is 2.14 bits per heavy atom. The molecular formula is C22H23FN2O4. The molecule has 1 saturated heterocycles. The summed E-state index contributed by atoms with van der Waals surface area (Å²) in [5.74, 6) is -1.54. The van der Waals surface area contributed by atoms with Gasteiger partial charge in [0.1, 0.15) is 5.82 Å². The summed E-state index contributed by atoms with van der Waals surface area (Å²) in [5, 5.41) is 11.9. The van der Waals surface area contributed by atoms with Crippen LogP contribution >= 0.6 is 0 Å². The van der Waals surface area contributed by atoms with Crippen LogP contribution in [0.5, 0.6) is 0 Å². The van der Waals surface area contributed by atoms with Crippen LogP contribution in [0.25, 0.3) is 0 Å². The van der Waals surface area contributed by atoms with E-state index in [1.807, 2.05) is 0 Å². The number of aromatic carboxylic acids is 1. The van der Waals surface area contributed by atoms with E-state index in [2.05, 4.69) is 5.32 Å². The van der Waals surface area contributed by atoms with Gasteiger partial charge in [-0.05, 0) is 61.2 Å². The molecular weight excluding hydrogens is 375 g/mol. The third kappa shape index (κ3) is 5.63. The first-order valence-electron chi connectivity index (χ1n) is 9.59. The SMILES string of the molecule is O=C(O)c1ccc(CCC(=O)N2CCC(NC(=O)c3ccc(F)cc3)CC2)cc1. The molecule has 2 aromatic carbocycles. The molecule has 2 N–H and O–H groups in total. The van der Waals surface area contributed by atoms with Gasteiger partial charge in [-0.2, -0.15) is 0 Å². The molecule has 0 radical (unpaired) electrons. The third-order valence-corrected chi connectivity index (χ3v) is 5.12. The molecule has 6 nitrogen and oxygen atoms in total. The van der Waals surface area contributed by atoms with Gasteiger partial charge in [0.05, 0.1) is 5.56 Å². The Kier molecular flexibility index (Phi) is 6.59. The van der Waals surface area contributed by atoms with Crippen molar-refractivity contribution in [1.29, 1.82) is 0 Å². The van der Waals surface area contributed by atoms with Gasteiger partial charge >= 0.3 is 5.97 Å². The van der Waals surface area contributed by atoms with Crippen LogP contribution in [0.3, 0.4) is 0 Å². The Morgan fingerprint density at radius 2 is 1.55 bits per heavy atom. The second-order valence-corrected chi connectivity index (χ2v) is 7.14. The maximum Gasteiger partial charge on any atom is 0.335 e. The standard InChI is InChI=1S/C22H23FN2O4/c23-18-8-6-16(7-9-18)21(27)24-19-11-13-25(14-12-19)20(26)10-3-15-1-4-17(5-2-15)22(28)29/h1-2,4-9,19H,3,10-14H2,(H,24,27)(H,28,29). The lowest BCUT2D eigenvalue weighted by Gasteiger charge is -2.32. The average molecular weight is 398 g/mol. The number of amides is 2. The summed E-state index contributed by atoms with van der Waals surface area (Å²) in [5.41, 5.74) is 1.56. The highest BCUT2D eigenvalue weighted by atomic mass is 19.1. The van der Waals surface area contributed by atoms with Crippen LogP contribution in [0.2, 0.25) is 0 Å². The molecule has 0 aliphatic carbocycles. The van der Waals surface area contributed by atoms with E-state index in [0.29, 0.717) is 44.3 Å². The van der Waals surface area contributed by atoms with Gasteiger partial charge in [-0.3, -0.25) is 9.59 Å². The van der Waals surface area contributed by atoms with E-state index in [9.17, 15) is 18.8 Å². The lowest BCUT2D eigenvalue weighted by atomic mass is 10.0. The van der Waals surface area contributed by atoms with Crippen molar-refractivity contribution in [3.63, 3.8) is 0 Å². The van der Waals surface area contributed by atoms with Crippen molar-refractivity contribution in [2.24, 2.45) is 0 Å². The highest BCUT2D eigenvalue weighted by Crippen LogP contribution is 2.14. The van der Waals surface area contributed by atoms with Gasteiger partial charge in [-0.25, -0.2) is 9.18 Å². The van der Waals surface area contributed by atoms with Crippen molar-refractivity contribution in [2.75, 3.05) is 13.1 Å². The van der Waals surface area contributed by atoms with Gasteiger partial charge in [0, 0.05) is 31.1 Å². The number of benzene rings is 2. The maximum atomic E-state index is 13.0. The van der Waals surface area contributed by atoms with Crippen LogP contribution in [0.1, 0.15) is 45.5 Å². The number of halogens is 1. The Morgan fingerprint density at radius 1 is 0.966 bits per heavy atom. The molecule has 0 unspecified atom stereocenters. The number of nitrogens with one attached hydrogen (secondary N) is 1. The lowest BCUT2D eigenvalue weighted by molar-refractivity contribution is -0.132. The second kappa shape index (κ2) is 9.32. The van der Waals surface area contributed by atoms with Crippen molar-refractivity contribution in [2.45, 2.75) is 31.7 Å². The summed E-state index contributed by atoms with van der Waals surface area (Å²) in [6.45, 7) is 1.15. The lowest BCUT2D eigenvalue weighted by Crippen LogP contribution is -2.46. The molecule has 29 heavy (non-hydrogen) atoms. The maximum absolute atomic E-state index is 13.0. The molecule has 2 aromatic rings. The van der Waals surface area contributed by atoms with Crippen LogP contribution in [-0.2, 0) is 11.2 Å². The molecule has 1 aliphatic heterocycles.